The van der Waals surface area contributed by atoms with Crippen LogP contribution in [0.3, 0.4) is 0 Å². The number of carbonyl (C=O) groups excluding carboxylic acids is 2. The molecule has 0 aliphatic carbocycles. The lowest BCUT2D eigenvalue weighted by molar-refractivity contribution is -0.134. The number of rotatable bonds is 5. The van der Waals surface area contributed by atoms with Gasteiger partial charge in [-0.1, -0.05) is 0 Å². The zero-order valence-electron chi connectivity index (χ0n) is 12.4. The van der Waals surface area contributed by atoms with E-state index >= 15 is 0 Å². The fraction of sp³-hybridized carbons (Fsp3) is 0.188. The molecular formula is C16H16N2O4. The summed E-state index contributed by atoms with van der Waals surface area (Å²) < 4.78 is 11.2. The topological polar surface area (TPSA) is 70.4 Å². The summed E-state index contributed by atoms with van der Waals surface area (Å²) >= 11 is 0. The third kappa shape index (κ3) is 3.82. The van der Waals surface area contributed by atoms with Crippen LogP contribution in [0.4, 0.5) is 0 Å². The minimum absolute atomic E-state index is 0.345. The Morgan fingerprint density at radius 2 is 2.00 bits per heavy atom. The number of benzene rings is 1. The molecule has 22 heavy (non-hydrogen) atoms. The third-order valence-corrected chi connectivity index (χ3v) is 2.87. The van der Waals surface area contributed by atoms with Gasteiger partial charge >= 0.3 is 11.9 Å². The molecule has 6 nitrogen and oxygen atoms in total. The van der Waals surface area contributed by atoms with Gasteiger partial charge in [0.2, 0.25) is 0 Å². The van der Waals surface area contributed by atoms with Crippen molar-refractivity contribution in [2.75, 3.05) is 13.7 Å². The Morgan fingerprint density at radius 3 is 2.64 bits per heavy atom. The van der Waals surface area contributed by atoms with E-state index in [-0.39, 0.29) is 5.97 Å². The Balaban J connectivity index is 2.12. The quantitative estimate of drug-likeness (QED) is 0.625. The van der Waals surface area contributed by atoms with E-state index in [1.165, 1.54) is 13.2 Å². The number of ether oxygens (including phenoxy) is 2. The van der Waals surface area contributed by atoms with Crippen molar-refractivity contribution in [3.63, 3.8) is 0 Å². The van der Waals surface area contributed by atoms with Gasteiger partial charge in [0.25, 0.3) is 0 Å². The summed E-state index contributed by atoms with van der Waals surface area (Å²) in [6.45, 7) is 2.11. The van der Waals surface area contributed by atoms with Gasteiger partial charge in [-0.2, -0.15) is 0 Å². The Hall–Kier alpha value is -2.89. The fourth-order valence-electron chi connectivity index (χ4n) is 1.77. The first kappa shape index (κ1) is 15.5. The van der Waals surface area contributed by atoms with Crippen molar-refractivity contribution in [2.24, 2.45) is 0 Å². The Labute approximate surface area is 128 Å². The largest absolute Gasteiger partial charge is 0.466 e. The molecule has 1 heterocycles. The number of aromatic nitrogens is 2. The van der Waals surface area contributed by atoms with E-state index in [4.69, 9.17) is 4.74 Å². The van der Waals surface area contributed by atoms with Gasteiger partial charge in [0.15, 0.2) is 0 Å². The van der Waals surface area contributed by atoms with Crippen LogP contribution in [0.5, 0.6) is 0 Å². The highest BCUT2D eigenvalue weighted by Crippen LogP contribution is 2.12. The molecule has 1 aromatic carbocycles. The van der Waals surface area contributed by atoms with Crippen LogP contribution in [0.2, 0.25) is 0 Å². The van der Waals surface area contributed by atoms with E-state index < -0.39 is 5.97 Å². The van der Waals surface area contributed by atoms with Crippen molar-refractivity contribution in [1.82, 2.24) is 9.55 Å². The number of methoxy groups -OCH3 is 1. The van der Waals surface area contributed by atoms with E-state index in [1.54, 1.807) is 54.4 Å². The molecule has 0 aliphatic rings. The highest BCUT2D eigenvalue weighted by Gasteiger charge is 2.06. The monoisotopic (exact) mass is 300 g/mol. The average molecular weight is 300 g/mol. The number of hydrogen-bond donors (Lipinski definition) is 0. The summed E-state index contributed by atoms with van der Waals surface area (Å²) in [6.07, 6.45) is 6.25. The minimum Gasteiger partial charge on any atom is -0.466 e. The van der Waals surface area contributed by atoms with Crippen molar-refractivity contribution >= 4 is 18.0 Å². The molecular weight excluding hydrogens is 284 g/mol. The fourth-order valence-corrected chi connectivity index (χ4v) is 1.77. The third-order valence-electron chi connectivity index (χ3n) is 2.87. The average Bonchev–Trinajstić information content (AvgIpc) is 3.02. The van der Waals surface area contributed by atoms with Crippen LogP contribution in [-0.4, -0.2) is 35.2 Å². The number of hydrogen-bond acceptors (Lipinski definition) is 5. The molecule has 0 aliphatic heterocycles. The lowest BCUT2D eigenvalue weighted by atomic mass is 10.2. The molecule has 2 rings (SSSR count). The first-order valence-corrected chi connectivity index (χ1v) is 6.71. The molecule has 0 bridgehead atoms. The van der Waals surface area contributed by atoms with Crippen molar-refractivity contribution in [3.05, 3.63) is 54.1 Å². The summed E-state index contributed by atoms with van der Waals surface area (Å²) in [7, 11) is 1.32. The molecule has 1 aromatic heterocycles. The molecule has 0 atom stereocenters. The predicted molar refractivity (Wildman–Crippen MR) is 80.6 cm³/mol. The van der Waals surface area contributed by atoms with Crippen LogP contribution in [0, 0.1) is 0 Å². The Bertz CT molecular complexity index is 686. The van der Waals surface area contributed by atoms with Crippen LogP contribution < -0.4 is 0 Å². The zero-order chi connectivity index (χ0) is 15.9. The molecule has 0 N–H and O–H groups in total. The summed E-state index contributed by atoms with van der Waals surface area (Å²) in [6, 6.07) is 6.97. The van der Waals surface area contributed by atoms with Gasteiger partial charge < -0.3 is 14.0 Å². The zero-order valence-corrected chi connectivity index (χ0v) is 12.4. The smallest absolute Gasteiger partial charge is 0.338 e. The minimum atomic E-state index is -0.437. The van der Waals surface area contributed by atoms with Gasteiger partial charge in [0.05, 0.1) is 31.3 Å². The molecule has 0 spiro atoms. The van der Waals surface area contributed by atoms with Crippen LogP contribution in [0.25, 0.3) is 11.8 Å². The molecule has 0 amide bonds. The Morgan fingerprint density at radius 1 is 1.27 bits per heavy atom. The predicted octanol–water partition coefficient (Wildman–Crippen LogP) is 2.24. The maximum Gasteiger partial charge on any atom is 0.338 e. The number of nitrogens with zero attached hydrogens (tertiary/aromatic N) is 2. The lowest BCUT2D eigenvalue weighted by Gasteiger charge is -2.04. The number of imidazole rings is 1. The maximum absolute atomic E-state index is 11.6. The lowest BCUT2D eigenvalue weighted by Crippen LogP contribution is -2.04. The van der Waals surface area contributed by atoms with E-state index in [0.717, 1.165) is 5.69 Å². The Kier molecular flexibility index (Phi) is 5.08. The highest BCUT2D eigenvalue weighted by atomic mass is 16.5. The van der Waals surface area contributed by atoms with Crippen LogP contribution in [0.15, 0.2) is 42.9 Å². The maximum atomic E-state index is 11.6. The van der Waals surface area contributed by atoms with Gasteiger partial charge in [0, 0.05) is 18.0 Å². The summed E-state index contributed by atoms with van der Waals surface area (Å²) in [5.41, 5.74) is 1.97. The van der Waals surface area contributed by atoms with Crippen LogP contribution in [-0.2, 0) is 14.3 Å². The second-order valence-electron chi connectivity index (χ2n) is 4.33. The molecule has 0 fully saturated rings. The summed E-state index contributed by atoms with van der Waals surface area (Å²) in [4.78, 5) is 26.8. The van der Waals surface area contributed by atoms with Crippen molar-refractivity contribution in [2.45, 2.75) is 6.92 Å². The first-order chi connectivity index (χ1) is 10.6. The molecule has 6 heteroatoms. The standard InChI is InChI=1S/C16H16N2O4/c1-3-22-16(20)12-4-7-14(8-5-12)18-10-13(17-11-18)6-9-15(19)21-2/h4-11H,3H2,1-2H3. The van der Waals surface area contributed by atoms with Gasteiger partial charge in [-0.05, 0) is 37.3 Å². The van der Waals surface area contributed by atoms with E-state index in [0.29, 0.717) is 17.9 Å². The molecule has 0 saturated carbocycles. The van der Waals surface area contributed by atoms with E-state index in [9.17, 15) is 9.59 Å². The van der Waals surface area contributed by atoms with Crippen molar-refractivity contribution < 1.29 is 19.1 Å². The van der Waals surface area contributed by atoms with E-state index in [2.05, 4.69) is 9.72 Å². The summed E-state index contributed by atoms with van der Waals surface area (Å²) in [5, 5.41) is 0. The van der Waals surface area contributed by atoms with Gasteiger partial charge in [-0.15, -0.1) is 0 Å². The number of esters is 2. The normalized spacial score (nSPS) is 10.6. The highest BCUT2D eigenvalue weighted by molar-refractivity contribution is 5.89. The number of carbonyl (C=O) groups is 2. The second-order valence-corrected chi connectivity index (χ2v) is 4.33. The van der Waals surface area contributed by atoms with Crippen LogP contribution in [0.1, 0.15) is 23.0 Å². The van der Waals surface area contributed by atoms with Crippen molar-refractivity contribution in [1.29, 1.82) is 0 Å². The van der Waals surface area contributed by atoms with Gasteiger partial charge in [0.1, 0.15) is 0 Å². The first-order valence-electron chi connectivity index (χ1n) is 6.71. The molecule has 0 radical (unpaired) electrons. The van der Waals surface area contributed by atoms with Crippen molar-refractivity contribution in [3.8, 4) is 5.69 Å². The molecule has 0 unspecified atom stereocenters. The van der Waals surface area contributed by atoms with Crippen LogP contribution >= 0.6 is 0 Å². The van der Waals surface area contributed by atoms with Gasteiger partial charge in [-0.25, -0.2) is 14.6 Å². The second kappa shape index (κ2) is 7.21. The SMILES string of the molecule is CCOC(=O)c1ccc(-n2cnc(C=CC(=O)OC)c2)cc1. The summed E-state index contributed by atoms with van der Waals surface area (Å²) in [5.74, 6) is -0.783. The molecule has 114 valence electrons. The van der Waals surface area contributed by atoms with E-state index in [1.807, 2.05) is 0 Å². The molecule has 2 aromatic rings. The van der Waals surface area contributed by atoms with Gasteiger partial charge in [-0.3, -0.25) is 0 Å². The molecule has 0 saturated heterocycles.